The Bertz CT molecular complexity index is 268. The molecule has 2 rings (SSSR count). The fourth-order valence-electron chi connectivity index (χ4n) is 2.44. The molecular formula is C12H21N3. The zero-order valence-electron chi connectivity index (χ0n) is 9.52. The van der Waals surface area contributed by atoms with Crippen LogP contribution in [0.5, 0.6) is 0 Å². The third kappa shape index (κ3) is 3.34. The summed E-state index contributed by atoms with van der Waals surface area (Å²) < 4.78 is 2.12. The molecule has 0 spiro atoms. The normalized spacial score (nSPS) is 26.7. The van der Waals surface area contributed by atoms with Gasteiger partial charge in [-0.1, -0.05) is 19.8 Å². The molecule has 0 aliphatic heterocycles. The molecule has 1 saturated carbocycles. The van der Waals surface area contributed by atoms with Crippen molar-refractivity contribution in [1.29, 1.82) is 0 Å². The van der Waals surface area contributed by atoms with E-state index in [4.69, 9.17) is 0 Å². The first kappa shape index (κ1) is 10.7. The minimum absolute atomic E-state index is 0.747. The van der Waals surface area contributed by atoms with Crippen molar-refractivity contribution in [3.8, 4) is 0 Å². The summed E-state index contributed by atoms with van der Waals surface area (Å²) >= 11 is 0. The number of nitrogens with zero attached hydrogens (tertiary/aromatic N) is 2. The molecule has 1 fully saturated rings. The molecule has 2 atom stereocenters. The third-order valence-electron chi connectivity index (χ3n) is 3.30. The monoisotopic (exact) mass is 207 g/mol. The Morgan fingerprint density at radius 1 is 1.47 bits per heavy atom. The average Bonchev–Trinajstić information content (AvgIpc) is 2.71. The van der Waals surface area contributed by atoms with Crippen molar-refractivity contribution in [3.05, 3.63) is 18.7 Å². The molecule has 2 unspecified atom stereocenters. The smallest absolute Gasteiger partial charge is 0.0946 e. The Morgan fingerprint density at radius 2 is 2.40 bits per heavy atom. The number of imidazole rings is 1. The van der Waals surface area contributed by atoms with Gasteiger partial charge in [0.15, 0.2) is 0 Å². The predicted molar refractivity (Wildman–Crippen MR) is 61.6 cm³/mol. The first-order valence-electron chi connectivity index (χ1n) is 6.03. The van der Waals surface area contributed by atoms with E-state index in [1.165, 1.54) is 25.7 Å². The lowest BCUT2D eigenvalue weighted by atomic mass is 9.87. The van der Waals surface area contributed by atoms with Crippen molar-refractivity contribution in [2.45, 2.75) is 45.2 Å². The fraction of sp³-hybridized carbons (Fsp3) is 0.750. The van der Waals surface area contributed by atoms with Gasteiger partial charge < -0.3 is 9.88 Å². The van der Waals surface area contributed by atoms with Gasteiger partial charge in [0.25, 0.3) is 0 Å². The molecule has 0 amide bonds. The van der Waals surface area contributed by atoms with Gasteiger partial charge in [-0.25, -0.2) is 4.98 Å². The molecule has 0 aromatic carbocycles. The lowest BCUT2D eigenvalue weighted by Crippen LogP contribution is -2.35. The van der Waals surface area contributed by atoms with E-state index in [1.807, 2.05) is 18.7 Å². The topological polar surface area (TPSA) is 29.9 Å². The van der Waals surface area contributed by atoms with Crippen molar-refractivity contribution in [1.82, 2.24) is 14.9 Å². The van der Waals surface area contributed by atoms with Crippen LogP contribution in [0.4, 0.5) is 0 Å². The predicted octanol–water partition coefficient (Wildman–Crippen LogP) is 2.05. The summed E-state index contributed by atoms with van der Waals surface area (Å²) in [5.74, 6) is 0.907. The maximum Gasteiger partial charge on any atom is 0.0946 e. The van der Waals surface area contributed by atoms with Gasteiger partial charge in [-0.2, -0.15) is 0 Å². The van der Waals surface area contributed by atoms with Crippen LogP contribution in [-0.2, 0) is 6.54 Å². The van der Waals surface area contributed by atoms with Crippen molar-refractivity contribution >= 4 is 0 Å². The highest BCUT2D eigenvalue weighted by atomic mass is 15.0. The highest BCUT2D eigenvalue weighted by Crippen LogP contribution is 2.23. The Kier molecular flexibility index (Phi) is 3.78. The molecule has 1 aliphatic rings. The molecule has 15 heavy (non-hydrogen) atoms. The number of aromatic nitrogens is 2. The van der Waals surface area contributed by atoms with E-state index in [-0.39, 0.29) is 0 Å². The van der Waals surface area contributed by atoms with Gasteiger partial charge in [-0.05, 0) is 18.8 Å². The maximum atomic E-state index is 4.03. The Labute approximate surface area is 91.9 Å². The van der Waals surface area contributed by atoms with Gasteiger partial charge in [0.2, 0.25) is 0 Å². The molecule has 0 bridgehead atoms. The van der Waals surface area contributed by atoms with Crippen LogP contribution in [0.2, 0.25) is 0 Å². The van der Waals surface area contributed by atoms with Crippen LogP contribution in [0, 0.1) is 5.92 Å². The van der Waals surface area contributed by atoms with Crippen LogP contribution >= 0.6 is 0 Å². The molecule has 3 nitrogen and oxygen atoms in total. The molecule has 1 aromatic rings. The number of rotatable bonds is 4. The highest BCUT2D eigenvalue weighted by Gasteiger charge is 2.17. The molecule has 0 radical (unpaired) electrons. The summed E-state index contributed by atoms with van der Waals surface area (Å²) in [6.45, 7) is 4.46. The van der Waals surface area contributed by atoms with E-state index in [9.17, 15) is 0 Å². The summed E-state index contributed by atoms with van der Waals surface area (Å²) in [4.78, 5) is 4.03. The first-order chi connectivity index (χ1) is 7.34. The lowest BCUT2D eigenvalue weighted by molar-refractivity contribution is 0.299. The second-order valence-corrected chi connectivity index (χ2v) is 4.72. The molecule has 1 aromatic heterocycles. The highest BCUT2D eigenvalue weighted by molar-refractivity contribution is 4.77. The fourth-order valence-corrected chi connectivity index (χ4v) is 2.44. The van der Waals surface area contributed by atoms with Crippen LogP contribution in [0.15, 0.2) is 18.7 Å². The van der Waals surface area contributed by atoms with Crippen molar-refractivity contribution in [2.24, 2.45) is 5.92 Å². The van der Waals surface area contributed by atoms with Crippen LogP contribution in [0.25, 0.3) is 0 Å². The van der Waals surface area contributed by atoms with Gasteiger partial charge in [-0.3, -0.25) is 0 Å². The maximum absolute atomic E-state index is 4.03. The third-order valence-corrected chi connectivity index (χ3v) is 3.30. The average molecular weight is 207 g/mol. The van der Waals surface area contributed by atoms with Crippen molar-refractivity contribution in [2.75, 3.05) is 6.54 Å². The lowest BCUT2D eigenvalue weighted by Gasteiger charge is -2.27. The van der Waals surface area contributed by atoms with E-state index in [0.717, 1.165) is 25.0 Å². The molecule has 0 saturated heterocycles. The Hall–Kier alpha value is -0.830. The molecular weight excluding hydrogens is 186 g/mol. The number of nitrogens with one attached hydrogen (secondary N) is 1. The zero-order valence-corrected chi connectivity index (χ0v) is 9.52. The SMILES string of the molecule is CC1CCCC(NCCn2ccnc2)C1. The second-order valence-electron chi connectivity index (χ2n) is 4.72. The molecule has 1 heterocycles. The summed E-state index contributed by atoms with van der Waals surface area (Å²) in [6, 6.07) is 0.747. The van der Waals surface area contributed by atoms with Crippen LogP contribution in [0.3, 0.4) is 0 Å². The minimum atomic E-state index is 0.747. The van der Waals surface area contributed by atoms with E-state index < -0.39 is 0 Å². The van der Waals surface area contributed by atoms with E-state index in [2.05, 4.69) is 21.8 Å². The largest absolute Gasteiger partial charge is 0.336 e. The van der Waals surface area contributed by atoms with Crippen LogP contribution < -0.4 is 5.32 Å². The van der Waals surface area contributed by atoms with Gasteiger partial charge >= 0.3 is 0 Å². The molecule has 84 valence electrons. The standard InChI is InChI=1S/C12H21N3/c1-11-3-2-4-12(9-11)14-6-8-15-7-5-13-10-15/h5,7,10-12,14H,2-4,6,8-9H2,1H3. The first-order valence-corrected chi connectivity index (χ1v) is 6.03. The number of hydrogen-bond donors (Lipinski definition) is 1. The Morgan fingerprint density at radius 3 is 3.13 bits per heavy atom. The van der Waals surface area contributed by atoms with E-state index in [1.54, 1.807) is 0 Å². The summed E-state index contributed by atoms with van der Waals surface area (Å²) in [5.41, 5.74) is 0. The summed E-state index contributed by atoms with van der Waals surface area (Å²) in [5, 5.41) is 3.64. The second kappa shape index (κ2) is 5.31. The molecule has 3 heteroatoms. The quantitative estimate of drug-likeness (QED) is 0.819. The summed E-state index contributed by atoms with van der Waals surface area (Å²) in [6.07, 6.45) is 11.3. The van der Waals surface area contributed by atoms with E-state index >= 15 is 0 Å². The van der Waals surface area contributed by atoms with Gasteiger partial charge in [0.1, 0.15) is 0 Å². The van der Waals surface area contributed by atoms with Gasteiger partial charge in [-0.15, -0.1) is 0 Å². The van der Waals surface area contributed by atoms with Crippen LogP contribution in [-0.4, -0.2) is 22.1 Å². The Balaban J connectivity index is 1.65. The zero-order chi connectivity index (χ0) is 10.5. The van der Waals surface area contributed by atoms with Gasteiger partial charge in [0, 0.05) is 31.5 Å². The van der Waals surface area contributed by atoms with Crippen molar-refractivity contribution in [3.63, 3.8) is 0 Å². The molecule has 1 aliphatic carbocycles. The van der Waals surface area contributed by atoms with Crippen molar-refractivity contribution < 1.29 is 0 Å². The number of hydrogen-bond acceptors (Lipinski definition) is 2. The molecule has 1 N–H and O–H groups in total. The minimum Gasteiger partial charge on any atom is -0.336 e. The summed E-state index contributed by atoms with van der Waals surface area (Å²) in [7, 11) is 0. The van der Waals surface area contributed by atoms with E-state index in [0.29, 0.717) is 0 Å². The van der Waals surface area contributed by atoms with Crippen LogP contribution in [0.1, 0.15) is 32.6 Å². The van der Waals surface area contributed by atoms with Gasteiger partial charge in [0.05, 0.1) is 6.33 Å².